The van der Waals surface area contributed by atoms with E-state index in [2.05, 4.69) is 4.98 Å². The zero-order chi connectivity index (χ0) is 11.5. The molecule has 0 spiro atoms. The molecular weight excluding hydrogens is 204 g/mol. The number of hydrogen-bond acceptors (Lipinski definition) is 4. The quantitative estimate of drug-likeness (QED) is 0.803. The average molecular weight is 220 g/mol. The second-order valence-corrected chi connectivity index (χ2v) is 3.92. The van der Waals surface area contributed by atoms with E-state index < -0.39 is 0 Å². The highest BCUT2D eigenvalue weighted by atomic mass is 16.5. The maximum absolute atomic E-state index is 5.68. The Kier molecular flexibility index (Phi) is 3.10. The summed E-state index contributed by atoms with van der Waals surface area (Å²) in [5, 5.41) is 0. The molecule has 0 aliphatic rings. The molecule has 0 bridgehead atoms. The summed E-state index contributed by atoms with van der Waals surface area (Å²) in [6, 6.07) is 5.48. The van der Waals surface area contributed by atoms with Crippen LogP contribution in [-0.4, -0.2) is 18.2 Å². The zero-order valence-electron chi connectivity index (χ0n) is 9.56. The predicted molar refractivity (Wildman–Crippen MR) is 63.2 cm³/mol. The summed E-state index contributed by atoms with van der Waals surface area (Å²) < 4.78 is 10.8. The Morgan fingerprint density at radius 1 is 1.50 bits per heavy atom. The zero-order valence-corrected chi connectivity index (χ0v) is 9.56. The minimum Gasteiger partial charge on any atom is -0.441 e. The molecule has 1 atom stereocenters. The SMILES string of the molecule is COC(C)CCc1nc2cc(N)ccc2o1. The molecule has 1 unspecified atom stereocenters. The third-order valence-electron chi connectivity index (χ3n) is 2.62. The Hall–Kier alpha value is -1.55. The molecule has 1 heterocycles. The topological polar surface area (TPSA) is 61.3 Å². The van der Waals surface area contributed by atoms with E-state index in [-0.39, 0.29) is 6.10 Å². The van der Waals surface area contributed by atoms with Crippen molar-refractivity contribution < 1.29 is 9.15 Å². The van der Waals surface area contributed by atoms with Gasteiger partial charge in [0, 0.05) is 19.2 Å². The highest BCUT2D eigenvalue weighted by Gasteiger charge is 2.07. The third kappa shape index (κ3) is 2.33. The molecule has 0 saturated carbocycles. The van der Waals surface area contributed by atoms with Gasteiger partial charge >= 0.3 is 0 Å². The highest BCUT2D eigenvalue weighted by molar-refractivity contribution is 5.76. The highest BCUT2D eigenvalue weighted by Crippen LogP contribution is 2.19. The number of benzene rings is 1. The average Bonchev–Trinajstić information content (AvgIpc) is 2.67. The lowest BCUT2D eigenvalue weighted by atomic mass is 10.2. The van der Waals surface area contributed by atoms with Gasteiger partial charge in [-0.2, -0.15) is 0 Å². The van der Waals surface area contributed by atoms with Gasteiger partial charge in [0.05, 0.1) is 6.10 Å². The maximum atomic E-state index is 5.68. The molecule has 4 nitrogen and oxygen atoms in total. The lowest BCUT2D eigenvalue weighted by molar-refractivity contribution is 0.109. The first-order chi connectivity index (χ1) is 7.69. The standard InChI is InChI=1S/C12H16N2O2/c1-8(15-2)3-6-12-14-10-7-9(13)4-5-11(10)16-12/h4-5,7-8H,3,6,13H2,1-2H3. The van der Waals surface area contributed by atoms with Gasteiger partial charge in [-0.25, -0.2) is 4.98 Å². The Bertz CT molecular complexity index is 479. The van der Waals surface area contributed by atoms with Gasteiger partial charge in [-0.15, -0.1) is 0 Å². The van der Waals surface area contributed by atoms with Crippen LogP contribution < -0.4 is 5.73 Å². The van der Waals surface area contributed by atoms with Crippen molar-refractivity contribution in [1.82, 2.24) is 4.98 Å². The van der Waals surface area contributed by atoms with E-state index in [9.17, 15) is 0 Å². The van der Waals surface area contributed by atoms with Crippen molar-refractivity contribution in [2.75, 3.05) is 12.8 Å². The van der Waals surface area contributed by atoms with E-state index in [0.717, 1.165) is 29.8 Å². The van der Waals surface area contributed by atoms with Gasteiger partial charge in [0.1, 0.15) is 5.52 Å². The smallest absolute Gasteiger partial charge is 0.195 e. The number of rotatable bonds is 4. The van der Waals surface area contributed by atoms with Crippen molar-refractivity contribution in [2.45, 2.75) is 25.9 Å². The summed E-state index contributed by atoms with van der Waals surface area (Å²) in [6.07, 6.45) is 1.91. The second-order valence-electron chi connectivity index (χ2n) is 3.92. The first-order valence-electron chi connectivity index (χ1n) is 5.37. The van der Waals surface area contributed by atoms with Gasteiger partial charge in [0.2, 0.25) is 0 Å². The van der Waals surface area contributed by atoms with E-state index in [1.54, 1.807) is 7.11 Å². The number of nitrogens with zero attached hydrogens (tertiary/aromatic N) is 1. The fraction of sp³-hybridized carbons (Fsp3) is 0.417. The number of hydrogen-bond donors (Lipinski definition) is 1. The molecule has 16 heavy (non-hydrogen) atoms. The first-order valence-corrected chi connectivity index (χ1v) is 5.37. The van der Waals surface area contributed by atoms with Crippen molar-refractivity contribution in [2.24, 2.45) is 0 Å². The number of ether oxygens (including phenoxy) is 1. The van der Waals surface area contributed by atoms with Gasteiger partial charge in [-0.3, -0.25) is 0 Å². The van der Waals surface area contributed by atoms with Crippen molar-refractivity contribution >= 4 is 16.8 Å². The van der Waals surface area contributed by atoms with Crippen LogP contribution in [0.4, 0.5) is 5.69 Å². The molecule has 2 rings (SSSR count). The molecule has 0 saturated heterocycles. The van der Waals surface area contributed by atoms with Crippen molar-refractivity contribution in [3.8, 4) is 0 Å². The van der Waals surface area contributed by atoms with E-state index in [4.69, 9.17) is 14.9 Å². The Labute approximate surface area is 94.4 Å². The van der Waals surface area contributed by atoms with Crippen LogP contribution in [0.15, 0.2) is 22.6 Å². The van der Waals surface area contributed by atoms with E-state index >= 15 is 0 Å². The lowest BCUT2D eigenvalue weighted by Gasteiger charge is -2.05. The lowest BCUT2D eigenvalue weighted by Crippen LogP contribution is -2.05. The van der Waals surface area contributed by atoms with Gasteiger partial charge in [0.15, 0.2) is 11.5 Å². The molecule has 0 aliphatic carbocycles. The maximum Gasteiger partial charge on any atom is 0.195 e. The van der Waals surface area contributed by atoms with E-state index in [1.807, 2.05) is 25.1 Å². The van der Waals surface area contributed by atoms with Crippen LogP contribution in [0.1, 0.15) is 19.2 Å². The van der Waals surface area contributed by atoms with Crippen molar-refractivity contribution in [3.05, 3.63) is 24.1 Å². The molecule has 1 aromatic heterocycles. The van der Waals surface area contributed by atoms with Gasteiger partial charge < -0.3 is 14.9 Å². The number of aromatic nitrogens is 1. The summed E-state index contributed by atoms with van der Waals surface area (Å²) in [4.78, 5) is 4.38. The number of fused-ring (bicyclic) bond motifs is 1. The first kappa shape index (κ1) is 11.0. The van der Waals surface area contributed by atoms with Crippen molar-refractivity contribution in [1.29, 1.82) is 0 Å². The number of aryl methyl sites for hydroxylation is 1. The molecule has 0 aliphatic heterocycles. The Balaban J connectivity index is 2.13. The number of nitrogen functional groups attached to an aromatic ring is 1. The summed E-state index contributed by atoms with van der Waals surface area (Å²) in [7, 11) is 1.71. The number of methoxy groups -OCH3 is 1. The van der Waals surface area contributed by atoms with Crippen LogP contribution in [0.2, 0.25) is 0 Å². The fourth-order valence-corrected chi connectivity index (χ4v) is 1.54. The molecule has 2 aromatic rings. The largest absolute Gasteiger partial charge is 0.441 e. The normalized spacial score (nSPS) is 13.1. The monoisotopic (exact) mass is 220 g/mol. The molecule has 0 radical (unpaired) electrons. The summed E-state index contributed by atoms with van der Waals surface area (Å²) in [6.45, 7) is 2.03. The van der Waals surface area contributed by atoms with Crippen molar-refractivity contribution in [3.63, 3.8) is 0 Å². The molecule has 0 fully saturated rings. The van der Waals surface area contributed by atoms with Gasteiger partial charge in [-0.1, -0.05) is 0 Å². The van der Waals surface area contributed by atoms with E-state index in [1.165, 1.54) is 0 Å². The number of oxazole rings is 1. The minimum atomic E-state index is 0.222. The second kappa shape index (κ2) is 4.53. The Morgan fingerprint density at radius 2 is 2.31 bits per heavy atom. The predicted octanol–water partition coefficient (Wildman–Crippen LogP) is 2.38. The van der Waals surface area contributed by atoms with Crippen LogP contribution >= 0.6 is 0 Å². The number of anilines is 1. The molecule has 4 heteroatoms. The van der Waals surface area contributed by atoms with Crippen LogP contribution in [0.3, 0.4) is 0 Å². The summed E-state index contributed by atoms with van der Waals surface area (Å²) in [5.41, 5.74) is 7.99. The summed E-state index contributed by atoms with van der Waals surface area (Å²) >= 11 is 0. The molecule has 2 N–H and O–H groups in total. The molecule has 0 amide bonds. The third-order valence-corrected chi connectivity index (χ3v) is 2.62. The van der Waals surface area contributed by atoms with Crippen LogP contribution in [0, 0.1) is 0 Å². The minimum absolute atomic E-state index is 0.222. The van der Waals surface area contributed by atoms with Crippen LogP contribution in [0.25, 0.3) is 11.1 Å². The molecular formula is C12H16N2O2. The molecule has 1 aromatic carbocycles. The van der Waals surface area contributed by atoms with E-state index in [0.29, 0.717) is 5.69 Å². The number of nitrogens with two attached hydrogens (primary N) is 1. The van der Waals surface area contributed by atoms with Crippen LogP contribution in [0.5, 0.6) is 0 Å². The Morgan fingerprint density at radius 3 is 3.06 bits per heavy atom. The fourth-order valence-electron chi connectivity index (χ4n) is 1.54. The summed E-state index contributed by atoms with van der Waals surface area (Å²) in [5.74, 6) is 0.740. The van der Waals surface area contributed by atoms with Gasteiger partial charge in [-0.05, 0) is 31.5 Å². The van der Waals surface area contributed by atoms with Crippen LogP contribution in [-0.2, 0) is 11.2 Å². The van der Waals surface area contributed by atoms with Gasteiger partial charge in [0.25, 0.3) is 0 Å². The molecule has 86 valence electrons.